The standard InChI is InChI=1S/C8H10N2O/c1-2-3-4-5-8(6-9)10-7-11/h5H,2-4H2,1H3/b8-5-. The van der Waals surface area contributed by atoms with Crippen LogP contribution in [0.5, 0.6) is 0 Å². The third-order valence-corrected chi connectivity index (χ3v) is 1.18. The number of isocyanates is 1. The second kappa shape index (κ2) is 6.73. The lowest BCUT2D eigenvalue weighted by atomic mass is 10.2. The first-order valence-electron chi connectivity index (χ1n) is 3.53. The predicted molar refractivity (Wildman–Crippen MR) is 41.3 cm³/mol. The molecule has 0 atom stereocenters. The molecule has 0 bridgehead atoms. The van der Waals surface area contributed by atoms with Crippen molar-refractivity contribution >= 4 is 6.08 Å². The molecule has 0 aromatic rings. The number of rotatable bonds is 4. The normalized spacial score (nSPS) is 10.0. The molecule has 0 aliphatic heterocycles. The summed E-state index contributed by atoms with van der Waals surface area (Å²) >= 11 is 0. The van der Waals surface area contributed by atoms with Gasteiger partial charge in [0.15, 0.2) is 0 Å². The minimum absolute atomic E-state index is 0.161. The van der Waals surface area contributed by atoms with Gasteiger partial charge in [-0.3, -0.25) is 0 Å². The monoisotopic (exact) mass is 150 g/mol. The van der Waals surface area contributed by atoms with Crippen LogP contribution in [0.1, 0.15) is 26.2 Å². The van der Waals surface area contributed by atoms with E-state index < -0.39 is 0 Å². The van der Waals surface area contributed by atoms with Gasteiger partial charge < -0.3 is 0 Å². The molecule has 0 fully saturated rings. The lowest BCUT2D eigenvalue weighted by Crippen LogP contribution is -1.73. The minimum Gasteiger partial charge on any atom is -0.211 e. The van der Waals surface area contributed by atoms with Gasteiger partial charge in [-0.15, -0.1) is 0 Å². The van der Waals surface area contributed by atoms with E-state index in [1.54, 1.807) is 12.1 Å². The van der Waals surface area contributed by atoms with E-state index in [0.717, 1.165) is 19.3 Å². The first kappa shape index (κ1) is 9.61. The summed E-state index contributed by atoms with van der Waals surface area (Å²) in [6.07, 6.45) is 5.86. The lowest BCUT2D eigenvalue weighted by molar-refractivity contribution is 0.565. The first-order chi connectivity index (χ1) is 5.35. The number of aliphatic imine (C=N–C) groups is 1. The fourth-order valence-electron chi connectivity index (χ4n) is 0.608. The zero-order valence-electron chi connectivity index (χ0n) is 6.50. The summed E-state index contributed by atoms with van der Waals surface area (Å²) in [7, 11) is 0. The van der Waals surface area contributed by atoms with E-state index in [1.165, 1.54) is 6.08 Å². The molecule has 0 radical (unpaired) electrons. The molecular formula is C8H10N2O. The van der Waals surface area contributed by atoms with E-state index in [2.05, 4.69) is 11.9 Å². The highest BCUT2D eigenvalue weighted by Crippen LogP contribution is 2.00. The minimum atomic E-state index is 0.161. The van der Waals surface area contributed by atoms with Crippen LogP contribution in [0, 0.1) is 11.3 Å². The Hall–Kier alpha value is -1.39. The van der Waals surface area contributed by atoms with Crippen LogP contribution in [0.3, 0.4) is 0 Å². The van der Waals surface area contributed by atoms with Gasteiger partial charge in [-0.1, -0.05) is 13.3 Å². The van der Waals surface area contributed by atoms with Crippen LogP contribution in [-0.2, 0) is 4.79 Å². The fraction of sp³-hybridized carbons (Fsp3) is 0.500. The maximum absolute atomic E-state index is 9.72. The molecule has 0 rings (SSSR count). The summed E-state index contributed by atoms with van der Waals surface area (Å²) in [6, 6.07) is 1.79. The van der Waals surface area contributed by atoms with Crippen LogP contribution in [0.25, 0.3) is 0 Å². The third-order valence-electron chi connectivity index (χ3n) is 1.18. The summed E-state index contributed by atoms with van der Waals surface area (Å²) in [5.41, 5.74) is 0.161. The zero-order valence-corrected chi connectivity index (χ0v) is 6.50. The second-order valence-corrected chi connectivity index (χ2v) is 2.05. The molecular weight excluding hydrogens is 140 g/mol. The van der Waals surface area contributed by atoms with Crippen LogP contribution in [0.15, 0.2) is 16.8 Å². The van der Waals surface area contributed by atoms with Gasteiger partial charge in [-0.2, -0.15) is 10.3 Å². The second-order valence-electron chi connectivity index (χ2n) is 2.05. The quantitative estimate of drug-likeness (QED) is 0.266. The van der Waals surface area contributed by atoms with Gasteiger partial charge in [0.05, 0.1) is 0 Å². The third kappa shape index (κ3) is 5.07. The van der Waals surface area contributed by atoms with E-state index in [1.807, 2.05) is 0 Å². The number of nitrogens with zero attached hydrogens (tertiary/aromatic N) is 2. The Balaban J connectivity index is 3.94. The number of hydrogen-bond donors (Lipinski definition) is 0. The van der Waals surface area contributed by atoms with Crippen LogP contribution >= 0.6 is 0 Å². The topological polar surface area (TPSA) is 53.2 Å². The van der Waals surface area contributed by atoms with Crippen molar-refractivity contribution in [3.05, 3.63) is 11.8 Å². The van der Waals surface area contributed by atoms with Gasteiger partial charge in [0.25, 0.3) is 0 Å². The largest absolute Gasteiger partial charge is 0.241 e. The van der Waals surface area contributed by atoms with Crippen molar-refractivity contribution < 1.29 is 4.79 Å². The molecule has 0 saturated heterocycles. The van der Waals surface area contributed by atoms with Crippen molar-refractivity contribution in [2.75, 3.05) is 0 Å². The number of nitriles is 1. The number of hydrogen-bond acceptors (Lipinski definition) is 3. The number of carbonyl (C=O) groups excluding carboxylic acids is 1. The van der Waals surface area contributed by atoms with Crippen molar-refractivity contribution in [1.82, 2.24) is 0 Å². The summed E-state index contributed by atoms with van der Waals surface area (Å²) in [6.45, 7) is 2.06. The van der Waals surface area contributed by atoms with Gasteiger partial charge in [0.2, 0.25) is 6.08 Å². The van der Waals surface area contributed by atoms with E-state index in [9.17, 15) is 4.79 Å². The Kier molecular flexibility index (Phi) is 5.88. The SMILES string of the molecule is CCCC/C=C(/C#N)N=C=O. The number of unbranched alkanes of at least 4 members (excludes halogenated alkanes) is 2. The van der Waals surface area contributed by atoms with E-state index >= 15 is 0 Å². The summed E-state index contributed by atoms with van der Waals surface area (Å²) in [4.78, 5) is 12.9. The van der Waals surface area contributed by atoms with Gasteiger partial charge in [0.1, 0.15) is 11.8 Å². The van der Waals surface area contributed by atoms with Crippen molar-refractivity contribution in [1.29, 1.82) is 5.26 Å². The van der Waals surface area contributed by atoms with Crippen LogP contribution < -0.4 is 0 Å². The van der Waals surface area contributed by atoms with Gasteiger partial charge >= 0.3 is 0 Å². The molecule has 3 nitrogen and oxygen atoms in total. The molecule has 0 aromatic carbocycles. The molecule has 0 spiro atoms. The molecule has 0 aliphatic rings. The van der Waals surface area contributed by atoms with Crippen LogP contribution in [0.2, 0.25) is 0 Å². The molecule has 0 aromatic heterocycles. The highest BCUT2D eigenvalue weighted by Gasteiger charge is 1.88. The van der Waals surface area contributed by atoms with Crippen molar-refractivity contribution in [2.24, 2.45) is 4.99 Å². The first-order valence-corrected chi connectivity index (χ1v) is 3.53. The maximum Gasteiger partial charge on any atom is 0.241 e. The van der Waals surface area contributed by atoms with Crippen LogP contribution in [0.4, 0.5) is 0 Å². The molecule has 0 unspecified atom stereocenters. The number of allylic oxidation sites excluding steroid dienone is 2. The lowest BCUT2D eigenvalue weighted by Gasteiger charge is -1.87. The molecule has 0 amide bonds. The molecule has 0 aliphatic carbocycles. The van der Waals surface area contributed by atoms with Gasteiger partial charge in [-0.25, -0.2) is 4.79 Å². The van der Waals surface area contributed by atoms with Crippen molar-refractivity contribution in [3.63, 3.8) is 0 Å². The fourth-order valence-corrected chi connectivity index (χ4v) is 0.608. The summed E-state index contributed by atoms with van der Waals surface area (Å²) in [5.74, 6) is 0. The average molecular weight is 150 g/mol. The Bertz CT molecular complexity index is 219. The molecule has 58 valence electrons. The van der Waals surface area contributed by atoms with Crippen molar-refractivity contribution in [3.8, 4) is 6.07 Å². The highest BCUT2D eigenvalue weighted by molar-refractivity contribution is 5.40. The van der Waals surface area contributed by atoms with E-state index in [0.29, 0.717) is 0 Å². The summed E-state index contributed by atoms with van der Waals surface area (Å²) < 4.78 is 0. The molecule has 3 heteroatoms. The van der Waals surface area contributed by atoms with E-state index in [4.69, 9.17) is 5.26 Å². The maximum atomic E-state index is 9.72. The Labute approximate surface area is 66.1 Å². The zero-order chi connectivity index (χ0) is 8.53. The highest BCUT2D eigenvalue weighted by atomic mass is 16.1. The van der Waals surface area contributed by atoms with Crippen molar-refractivity contribution in [2.45, 2.75) is 26.2 Å². The molecule has 0 saturated carbocycles. The Morgan fingerprint density at radius 2 is 2.45 bits per heavy atom. The molecule has 0 N–H and O–H groups in total. The van der Waals surface area contributed by atoms with Crippen LogP contribution in [-0.4, -0.2) is 6.08 Å². The van der Waals surface area contributed by atoms with E-state index in [-0.39, 0.29) is 5.70 Å². The van der Waals surface area contributed by atoms with Gasteiger partial charge in [0, 0.05) is 0 Å². The predicted octanol–water partition coefficient (Wildman–Crippen LogP) is 1.92. The molecule has 11 heavy (non-hydrogen) atoms. The summed E-state index contributed by atoms with van der Waals surface area (Å²) in [5, 5.41) is 8.37. The Morgan fingerprint density at radius 3 is 2.91 bits per heavy atom. The average Bonchev–Trinajstić information content (AvgIpc) is 2.03. The Morgan fingerprint density at radius 1 is 1.73 bits per heavy atom. The smallest absolute Gasteiger partial charge is 0.211 e. The van der Waals surface area contributed by atoms with Gasteiger partial charge in [-0.05, 0) is 18.9 Å². The molecule has 0 heterocycles.